The first-order valence-corrected chi connectivity index (χ1v) is 10.3. The van der Waals surface area contributed by atoms with Crippen LogP contribution in [-0.2, 0) is 4.74 Å². The van der Waals surface area contributed by atoms with Crippen LogP contribution in [0.1, 0.15) is 33.6 Å². The van der Waals surface area contributed by atoms with E-state index in [0.717, 1.165) is 36.8 Å². The number of ether oxygens (including phenoxy) is 3. The molecule has 0 aliphatic carbocycles. The molecule has 8 nitrogen and oxygen atoms in total. The van der Waals surface area contributed by atoms with Crippen LogP contribution in [0.15, 0.2) is 29.3 Å². The van der Waals surface area contributed by atoms with Crippen molar-refractivity contribution in [2.24, 2.45) is 4.99 Å². The van der Waals surface area contributed by atoms with Crippen LogP contribution >= 0.6 is 24.0 Å². The third-order valence-electron chi connectivity index (χ3n) is 4.59. The minimum absolute atomic E-state index is 0. The molecule has 1 amide bonds. The van der Waals surface area contributed by atoms with E-state index in [1.165, 1.54) is 0 Å². The van der Waals surface area contributed by atoms with Gasteiger partial charge in [0.05, 0.1) is 20.3 Å². The zero-order valence-electron chi connectivity index (χ0n) is 18.3. The van der Waals surface area contributed by atoms with Crippen molar-refractivity contribution in [3.63, 3.8) is 0 Å². The van der Waals surface area contributed by atoms with E-state index in [0.29, 0.717) is 26.2 Å². The van der Waals surface area contributed by atoms with Crippen LogP contribution in [-0.4, -0.2) is 69.0 Å². The second-order valence-electron chi connectivity index (χ2n) is 6.93. The highest BCUT2D eigenvalue weighted by molar-refractivity contribution is 14.0. The van der Waals surface area contributed by atoms with Gasteiger partial charge in [0.25, 0.3) is 0 Å². The molecule has 1 aromatic rings. The highest BCUT2D eigenvalue weighted by Gasteiger charge is 2.24. The smallest absolute Gasteiger partial charge is 0.409 e. The van der Waals surface area contributed by atoms with Crippen molar-refractivity contribution in [1.29, 1.82) is 0 Å². The SMILES string of the molecule is CCNC(=NCC(C)Oc1cccc(OC)c1)NC1CCN(C(=O)OCC)CC1.I. The number of nitrogens with zero attached hydrogens (tertiary/aromatic N) is 2. The molecule has 0 saturated carbocycles. The van der Waals surface area contributed by atoms with Gasteiger partial charge in [-0.05, 0) is 45.7 Å². The molecule has 30 heavy (non-hydrogen) atoms. The van der Waals surface area contributed by atoms with Gasteiger partial charge in [-0.2, -0.15) is 0 Å². The summed E-state index contributed by atoms with van der Waals surface area (Å²) in [5.41, 5.74) is 0. The van der Waals surface area contributed by atoms with Gasteiger partial charge in [0.2, 0.25) is 0 Å². The predicted molar refractivity (Wildman–Crippen MR) is 129 cm³/mol. The fourth-order valence-electron chi connectivity index (χ4n) is 3.10. The summed E-state index contributed by atoms with van der Waals surface area (Å²) in [7, 11) is 1.64. The van der Waals surface area contributed by atoms with E-state index in [1.807, 2.05) is 45.0 Å². The molecule has 1 unspecified atom stereocenters. The van der Waals surface area contributed by atoms with Crippen molar-refractivity contribution in [2.45, 2.75) is 45.8 Å². The molecular weight excluding hydrogens is 499 g/mol. The molecule has 0 bridgehead atoms. The normalized spacial score (nSPS) is 15.6. The van der Waals surface area contributed by atoms with E-state index >= 15 is 0 Å². The third-order valence-corrected chi connectivity index (χ3v) is 4.59. The van der Waals surface area contributed by atoms with Gasteiger partial charge < -0.3 is 29.7 Å². The second-order valence-corrected chi connectivity index (χ2v) is 6.93. The van der Waals surface area contributed by atoms with Crippen LogP contribution in [0.25, 0.3) is 0 Å². The Hall–Kier alpha value is -1.91. The summed E-state index contributed by atoms with van der Waals surface area (Å²) in [6.45, 7) is 8.93. The Morgan fingerprint density at radius 2 is 1.97 bits per heavy atom. The molecule has 1 aliphatic rings. The number of carbonyl (C=O) groups excluding carboxylic acids is 1. The van der Waals surface area contributed by atoms with Crippen LogP contribution in [0.4, 0.5) is 4.79 Å². The van der Waals surface area contributed by atoms with Crippen molar-refractivity contribution in [1.82, 2.24) is 15.5 Å². The van der Waals surface area contributed by atoms with Crippen molar-refractivity contribution < 1.29 is 19.0 Å². The molecule has 1 aromatic carbocycles. The van der Waals surface area contributed by atoms with Crippen LogP contribution < -0.4 is 20.1 Å². The Morgan fingerprint density at radius 1 is 1.27 bits per heavy atom. The zero-order valence-corrected chi connectivity index (χ0v) is 20.7. The van der Waals surface area contributed by atoms with E-state index in [-0.39, 0.29) is 42.2 Å². The monoisotopic (exact) mass is 534 g/mol. The average molecular weight is 534 g/mol. The summed E-state index contributed by atoms with van der Waals surface area (Å²) in [5, 5.41) is 6.75. The first kappa shape index (κ1) is 26.1. The molecule has 1 saturated heterocycles. The van der Waals surface area contributed by atoms with Gasteiger partial charge in [-0.3, -0.25) is 0 Å². The Morgan fingerprint density at radius 3 is 2.60 bits per heavy atom. The third kappa shape index (κ3) is 8.85. The number of piperidine rings is 1. The lowest BCUT2D eigenvalue weighted by atomic mass is 10.1. The van der Waals surface area contributed by atoms with Crippen molar-refractivity contribution in [3.8, 4) is 11.5 Å². The van der Waals surface area contributed by atoms with Crippen LogP contribution in [0.5, 0.6) is 11.5 Å². The van der Waals surface area contributed by atoms with E-state index in [4.69, 9.17) is 14.2 Å². The van der Waals surface area contributed by atoms with Crippen LogP contribution in [0.2, 0.25) is 0 Å². The maximum absolute atomic E-state index is 11.8. The Kier molecular flexibility index (Phi) is 12.3. The molecule has 1 heterocycles. The molecule has 9 heteroatoms. The number of guanidine groups is 1. The zero-order chi connectivity index (χ0) is 21.1. The van der Waals surface area contributed by atoms with Gasteiger partial charge in [-0.1, -0.05) is 6.07 Å². The first-order chi connectivity index (χ1) is 14.0. The largest absolute Gasteiger partial charge is 0.497 e. The van der Waals surface area contributed by atoms with Crippen LogP contribution in [0, 0.1) is 0 Å². The molecule has 0 aromatic heterocycles. The molecule has 170 valence electrons. The quantitative estimate of drug-likeness (QED) is 0.303. The summed E-state index contributed by atoms with van der Waals surface area (Å²) in [6, 6.07) is 7.83. The van der Waals surface area contributed by atoms with E-state index in [2.05, 4.69) is 15.6 Å². The Labute approximate surface area is 196 Å². The highest BCUT2D eigenvalue weighted by atomic mass is 127. The lowest BCUT2D eigenvalue weighted by Gasteiger charge is -2.32. The lowest BCUT2D eigenvalue weighted by Crippen LogP contribution is -2.50. The number of nitrogens with one attached hydrogen (secondary N) is 2. The average Bonchev–Trinajstić information content (AvgIpc) is 2.73. The maximum Gasteiger partial charge on any atom is 0.409 e. The van der Waals surface area contributed by atoms with E-state index in [9.17, 15) is 4.79 Å². The number of carbonyl (C=O) groups is 1. The summed E-state index contributed by atoms with van der Waals surface area (Å²) in [6.07, 6.45) is 1.41. The van der Waals surface area contributed by atoms with Gasteiger partial charge in [-0.25, -0.2) is 9.79 Å². The summed E-state index contributed by atoms with van der Waals surface area (Å²) in [4.78, 5) is 18.2. The molecule has 1 atom stereocenters. The molecular formula is C21H35IN4O4. The van der Waals surface area contributed by atoms with E-state index < -0.39 is 0 Å². The fraction of sp³-hybridized carbons (Fsp3) is 0.619. The maximum atomic E-state index is 11.8. The standard InChI is InChI=1S/C21H34N4O4.HI/c1-5-22-20(24-17-10-12-25(13-11-17)21(26)28-6-2)23-15-16(3)29-19-9-7-8-18(14-19)27-4;/h7-9,14,16-17H,5-6,10-13,15H2,1-4H3,(H2,22,23,24);1H. The lowest BCUT2D eigenvalue weighted by molar-refractivity contribution is 0.0963. The molecule has 1 fully saturated rings. The summed E-state index contributed by atoms with van der Waals surface area (Å²) < 4.78 is 16.2. The van der Waals surface area contributed by atoms with Gasteiger partial charge in [-0.15, -0.1) is 24.0 Å². The fourth-order valence-corrected chi connectivity index (χ4v) is 3.10. The number of amides is 1. The number of aliphatic imine (C=N–C) groups is 1. The molecule has 2 N–H and O–H groups in total. The van der Waals surface area contributed by atoms with Gasteiger partial charge >= 0.3 is 6.09 Å². The molecule has 2 rings (SSSR count). The van der Waals surface area contributed by atoms with Crippen molar-refractivity contribution >= 4 is 36.0 Å². The minimum atomic E-state index is -0.227. The number of hydrogen-bond donors (Lipinski definition) is 2. The number of rotatable bonds is 8. The minimum Gasteiger partial charge on any atom is -0.497 e. The molecule has 0 radical (unpaired) electrons. The predicted octanol–water partition coefficient (Wildman–Crippen LogP) is 3.26. The van der Waals surface area contributed by atoms with Crippen molar-refractivity contribution in [2.75, 3.05) is 39.9 Å². The van der Waals surface area contributed by atoms with Gasteiger partial charge in [0.15, 0.2) is 5.96 Å². The number of methoxy groups -OCH3 is 1. The molecule has 1 aliphatic heterocycles. The van der Waals surface area contributed by atoms with Gasteiger partial charge in [0.1, 0.15) is 17.6 Å². The Bertz CT molecular complexity index is 666. The van der Waals surface area contributed by atoms with Crippen molar-refractivity contribution in [3.05, 3.63) is 24.3 Å². The number of hydrogen-bond acceptors (Lipinski definition) is 5. The summed E-state index contributed by atoms with van der Waals surface area (Å²) in [5.74, 6) is 2.29. The topological polar surface area (TPSA) is 84.4 Å². The number of likely N-dealkylation sites (tertiary alicyclic amines) is 1. The highest BCUT2D eigenvalue weighted by Crippen LogP contribution is 2.20. The first-order valence-electron chi connectivity index (χ1n) is 10.3. The molecule has 0 spiro atoms. The second kappa shape index (κ2) is 14.2. The van der Waals surface area contributed by atoms with E-state index in [1.54, 1.807) is 12.0 Å². The van der Waals surface area contributed by atoms with Crippen LogP contribution in [0.3, 0.4) is 0 Å². The summed E-state index contributed by atoms with van der Waals surface area (Å²) >= 11 is 0. The Balaban J connectivity index is 0.00000450. The van der Waals surface area contributed by atoms with Gasteiger partial charge in [0, 0.05) is 31.7 Å². The number of halogens is 1. The number of benzene rings is 1.